The SMILES string of the molecule is CCOc1ccccc1Nc1ncnc(NNC(=O)c2ccccc2OC)c1N. The maximum atomic E-state index is 12.4. The summed E-state index contributed by atoms with van der Waals surface area (Å²) >= 11 is 0. The van der Waals surface area contributed by atoms with E-state index in [1.807, 2.05) is 31.2 Å². The Morgan fingerprint density at radius 1 is 1.03 bits per heavy atom. The summed E-state index contributed by atoms with van der Waals surface area (Å²) in [6.45, 7) is 2.43. The molecular formula is C20H22N6O3. The van der Waals surface area contributed by atoms with Crippen molar-refractivity contribution in [1.82, 2.24) is 15.4 Å². The van der Waals surface area contributed by atoms with Gasteiger partial charge in [0.2, 0.25) is 0 Å². The van der Waals surface area contributed by atoms with Gasteiger partial charge < -0.3 is 20.5 Å². The average molecular weight is 394 g/mol. The molecule has 0 fully saturated rings. The lowest BCUT2D eigenvalue weighted by Crippen LogP contribution is -2.30. The molecule has 1 aromatic heterocycles. The number of hydrogen-bond donors (Lipinski definition) is 4. The largest absolute Gasteiger partial charge is 0.496 e. The monoisotopic (exact) mass is 394 g/mol. The van der Waals surface area contributed by atoms with Crippen molar-refractivity contribution in [2.45, 2.75) is 6.92 Å². The normalized spacial score (nSPS) is 10.1. The molecular weight excluding hydrogens is 372 g/mol. The Morgan fingerprint density at radius 3 is 2.48 bits per heavy atom. The Labute approximate surface area is 168 Å². The number of carbonyl (C=O) groups excluding carboxylic acids is 1. The van der Waals surface area contributed by atoms with Gasteiger partial charge in [-0.05, 0) is 31.2 Å². The number of aromatic nitrogens is 2. The van der Waals surface area contributed by atoms with E-state index in [0.29, 0.717) is 35.2 Å². The van der Waals surface area contributed by atoms with Crippen LogP contribution in [0.4, 0.5) is 23.0 Å². The molecule has 1 amide bonds. The Bertz CT molecular complexity index is 995. The standard InChI is InChI=1S/C20H22N6O3/c1-3-29-16-11-7-5-9-14(16)24-18-17(21)19(23-12-22-18)25-26-20(27)13-8-4-6-10-15(13)28-2/h4-12H,3,21H2,1-2H3,(H,26,27)(H2,22,23,24,25). The number of nitrogens with one attached hydrogen (secondary N) is 3. The number of rotatable bonds is 8. The molecule has 0 aliphatic carbocycles. The highest BCUT2D eigenvalue weighted by Gasteiger charge is 2.14. The third-order valence-corrected chi connectivity index (χ3v) is 3.97. The first kappa shape index (κ1) is 19.7. The Balaban J connectivity index is 1.75. The van der Waals surface area contributed by atoms with Crippen molar-refractivity contribution in [1.29, 1.82) is 0 Å². The zero-order valence-corrected chi connectivity index (χ0v) is 16.1. The van der Waals surface area contributed by atoms with Crippen molar-refractivity contribution in [2.24, 2.45) is 0 Å². The van der Waals surface area contributed by atoms with Gasteiger partial charge in [0.05, 0.1) is 25.0 Å². The minimum Gasteiger partial charge on any atom is -0.496 e. The number of benzene rings is 2. The van der Waals surface area contributed by atoms with Crippen molar-refractivity contribution >= 4 is 28.9 Å². The summed E-state index contributed by atoms with van der Waals surface area (Å²) in [5.74, 6) is 1.36. The van der Waals surface area contributed by atoms with E-state index in [0.717, 1.165) is 0 Å². The number of nitrogens with two attached hydrogens (primary N) is 1. The molecule has 0 aliphatic heterocycles. The van der Waals surface area contributed by atoms with Gasteiger partial charge in [-0.1, -0.05) is 24.3 Å². The summed E-state index contributed by atoms with van der Waals surface area (Å²) in [4.78, 5) is 20.7. The van der Waals surface area contributed by atoms with E-state index in [-0.39, 0.29) is 11.5 Å². The van der Waals surface area contributed by atoms with Crippen LogP contribution in [-0.4, -0.2) is 29.6 Å². The van der Waals surface area contributed by atoms with Crippen molar-refractivity contribution in [3.8, 4) is 11.5 Å². The lowest BCUT2D eigenvalue weighted by molar-refractivity contribution is 0.0959. The highest BCUT2D eigenvalue weighted by atomic mass is 16.5. The highest BCUT2D eigenvalue weighted by molar-refractivity contribution is 5.97. The van der Waals surface area contributed by atoms with Crippen LogP contribution in [0.3, 0.4) is 0 Å². The predicted molar refractivity (Wildman–Crippen MR) is 111 cm³/mol. The third-order valence-electron chi connectivity index (χ3n) is 3.97. The van der Waals surface area contributed by atoms with Gasteiger partial charge in [-0.2, -0.15) is 0 Å². The van der Waals surface area contributed by atoms with Gasteiger partial charge in [-0.3, -0.25) is 15.6 Å². The minimum absolute atomic E-state index is 0.235. The van der Waals surface area contributed by atoms with Gasteiger partial charge in [-0.15, -0.1) is 0 Å². The molecule has 5 N–H and O–H groups in total. The molecule has 0 spiro atoms. The van der Waals surface area contributed by atoms with Crippen LogP contribution >= 0.6 is 0 Å². The molecule has 3 rings (SSSR count). The molecule has 9 nitrogen and oxygen atoms in total. The molecule has 0 saturated heterocycles. The maximum absolute atomic E-state index is 12.4. The number of nitrogens with zero attached hydrogens (tertiary/aromatic N) is 2. The smallest absolute Gasteiger partial charge is 0.273 e. The number of methoxy groups -OCH3 is 1. The molecule has 9 heteroatoms. The van der Waals surface area contributed by atoms with E-state index in [9.17, 15) is 4.79 Å². The number of amides is 1. The van der Waals surface area contributed by atoms with Crippen LogP contribution < -0.4 is 31.4 Å². The zero-order chi connectivity index (χ0) is 20.6. The van der Waals surface area contributed by atoms with Gasteiger partial charge in [0.1, 0.15) is 23.5 Å². The van der Waals surface area contributed by atoms with Crippen LogP contribution in [0.2, 0.25) is 0 Å². The molecule has 0 atom stereocenters. The third kappa shape index (κ3) is 4.64. The lowest BCUT2D eigenvalue weighted by Gasteiger charge is -2.15. The van der Waals surface area contributed by atoms with E-state index < -0.39 is 5.91 Å². The second-order valence-electron chi connectivity index (χ2n) is 5.82. The molecule has 0 radical (unpaired) electrons. The lowest BCUT2D eigenvalue weighted by atomic mass is 10.2. The van der Waals surface area contributed by atoms with Crippen LogP contribution in [0.15, 0.2) is 54.9 Å². The van der Waals surface area contributed by atoms with E-state index >= 15 is 0 Å². The fraction of sp³-hybridized carbons (Fsp3) is 0.150. The van der Waals surface area contributed by atoms with Crippen LogP contribution in [0.25, 0.3) is 0 Å². The molecule has 150 valence electrons. The van der Waals surface area contributed by atoms with E-state index in [1.54, 1.807) is 24.3 Å². The molecule has 0 unspecified atom stereocenters. The van der Waals surface area contributed by atoms with Crippen molar-refractivity contribution in [3.63, 3.8) is 0 Å². The summed E-state index contributed by atoms with van der Waals surface area (Å²) in [6.07, 6.45) is 1.33. The second-order valence-corrected chi connectivity index (χ2v) is 5.82. The molecule has 0 aliphatic rings. The molecule has 0 bridgehead atoms. The van der Waals surface area contributed by atoms with Crippen molar-refractivity contribution in [3.05, 3.63) is 60.4 Å². The number of hydrazine groups is 1. The van der Waals surface area contributed by atoms with Gasteiger partial charge in [0, 0.05) is 0 Å². The van der Waals surface area contributed by atoms with Crippen LogP contribution in [0, 0.1) is 0 Å². The van der Waals surface area contributed by atoms with E-state index in [4.69, 9.17) is 15.2 Å². The number of nitrogen functional groups attached to an aromatic ring is 1. The van der Waals surface area contributed by atoms with Crippen LogP contribution in [0.1, 0.15) is 17.3 Å². The molecule has 0 saturated carbocycles. The molecule has 3 aromatic rings. The quantitative estimate of drug-likeness (QED) is 0.430. The summed E-state index contributed by atoms with van der Waals surface area (Å²) in [7, 11) is 1.50. The number of carbonyl (C=O) groups is 1. The summed E-state index contributed by atoms with van der Waals surface area (Å²) < 4.78 is 10.8. The minimum atomic E-state index is -0.392. The topological polar surface area (TPSA) is 123 Å². The highest BCUT2D eigenvalue weighted by Crippen LogP contribution is 2.30. The fourth-order valence-electron chi connectivity index (χ4n) is 2.59. The number of anilines is 4. The first-order valence-corrected chi connectivity index (χ1v) is 8.92. The Kier molecular flexibility index (Phi) is 6.31. The summed E-state index contributed by atoms with van der Waals surface area (Å²) in [6, 6.07) is 14.3. The first-order valence-electron chi connectivity index (χ1n) is 8.92. The number of para-hydroxylation sites is 3. The Hall–Kier alpha value is -4.01. The number of hydrogen-bond acceptors (Lipinski definition) is 8. The predicted octanol–water partition coefficient (Wildman–Crippen LogP) is 2.97. The molecule has 1 heterocycles. The summed E-state index contributed by atoms with van der Waals surface area (Å²) in [5, 5.41) is 3.13. The second kappa shape index (κ2) is 9.27. The summed E-state index contributed by atoms with van der Waals surface area (Å²) in [5.41, 5.74) is 12.8. The number of ether oxygens (including phenoxy) is 2. The van der Waals surface area contributed by atoms with Crippen molar-refractivity contribution < 1.29 is 14.3 Å². The van der Waals surface area contributed by atoms with Gasteiger partial charge in [0.25, 0.3) is 5.91 Å². The van der Waals surface area contributed by atoms with Crippen LogP contribution in [-0.2, 0) is 0 Å². The Morgan fingerprint density at radius 2 is 1.72 bits per heavy atom. The van der Waals surface area contributed by atoms with Crippen molar-refractivity contribution in [2.75, 3.05) is 30.2 Å². The molecule has 29 heavy (non-hydrogen) atoms. The maximum Gasteiger partial charge on any atom is 0.273 e. The zero-order valence-electron chi connectivity index (χ0n) is 16.1. The van der Waals surface area contributed by atoms with Gasteiger partial charge in [0.15, 0.2) is 11.6 Å². The van der Waals surface area contributed by atoms with Crippen LogP contribution in [0.5, 0.6) is 11.5 Å². The van der Waals surface area contributed by atoms with Gasteiger partial charge in [-0.25, -0.2) is 9.97 Å². The molecule has 2 aromatic carbocycles. The van der Waals surface area contributed by atoms with E-state index in [2.05, 4.69) is 26.1 Å². The average Bonchev–Trinajstić information content (AvgIpc) is 2.75. The van der Waals surface area contributed by atoms with Gasteiger partial charge >= 0.3 is 0 Å². The van der Waals surface area contributed by atoms with E-state index in [1.165, 1.54) is 13.4 Å². The first-order chi connectivity index (χ1) is 14.1. The fourth-order valence-corrected chi connectivity index (χ4v) is 2.59.